The highest BCUT2D eigenvalue weighted by molar-refractivity contribution is 6.33. The van der Waals surface area contributed by atoms with E-state index < -0.39 is 6.10 Å². The van der Waals surface area contributed by atoms with Crippen LogP contribution in [0.3, 0.4) is 0 Å². The second-order valence-corrected chi connectivity index (χ2v) is 7.63. The number of fused-ring (bicyclic) bond motifs is 1. The molecule has 1 heterocycles. The van der Waals surface area contributed by atoms with Crippen molar-refractivity contribution >= 4 is 17.2 Å². The molecule has 0 aliphatic carbocycles. The summed E-state index contributed by atoms with van der Waals surface area (Å²) in [5, 5.41) is 10.8. The van der Waals surface area contributed by atoms with Crippen LogP contribution in [-0.4, -0.2) is 11.0 Å². The maximum Gasteiger partial charge on any atom is 0.259 e. The summed E-state index contributed by atoms with van der Waals surface area (Å²) in [6.07, 6.45) is -0.203. The lowest BCUT2D eigenvalue weighted by Crippen LogP contribution is -2.26. The Bertz CT molecular complexity index is 1070. The molecule has 3 nitrogen and oxygen atoms in total. The fourth-order valence-electron chi connectivity index (χ4n) is 4.08. The average molecular weight is 383 g/mol. The molecular weight excluding hydrogens is 358 g/mol. The molecule has 3 aromatic rings. The molecule has 0 unspecified atom stereocenters. The fourth-order valence-corrected chi connectivity index (χ4v) is 4.08. The van der Waals surface area contributed by atoms with E-state index in [1.54, 1.807) is 0 Å². The predicted octanol–water partition coefficient (Wildman–Crippen LogP) is 5.44. The Morgan fingerprint density at radius 3 is 2.34 bits per heavy atom. The third kappa shape index (κ3) is 3.74. The van der Waals surface area contributed by atoms with Gasteiger partial charge in [-0.05, 0) is 43.0 Å². The smallest absolute Gasteiger partial charge is 0.259 e. The van der Waals surface area contributed by atoms with Crippen molar-refractivity contribution in [1.82, 2.24) is 0 Å². The van der Waals surface area contributed by atoms with Crippen molar-refractivity contribution in [2.45, 2.75) is 32.9 Å². The van der Waals surface area contributed by atoms with Crippen molar-refractivity contribution in [1.29, 1.82) is 0 Å². The fraction of sp³-hybridized carbons (Fsp3) is 0.192. The number of carbonyl (C=O) groups excluding carboxylic acids is 1. The summed E-state index contributed by atoms with van der Waals surface area (Å²) in [5.74, 6) is 0.00420. The zero-order valence-corrected chi connectivity index (χ0v) is 16.8. The minimum absolute atomic E-state index is 0.00420. The number of aliphatic hydroxyl groups excluding tert-OH is 1. The molecule has 0 aromatic heterocycles. The van der Waals surface area contributed by atoms with Gasteiger partial charge in [-0.15, -0.1) is 0 Å². The molecule has 0 fully saturated rings. The topological polar surface area (TPSA) is 40.5 Å². The number of amides is 1. The number of hydrogen-bond acceptors (Lipinski definition) is 2. The SMILES string of the molecule is C/C(C[C@H](O)c1ccccc1C)=C1/C(=O)N(Cc2ccccc2)c2ccccc21. The van der Waals surface area contributed by atoms with Gasteiger partial charge in [-0.1, -0.05) is 78.4 Å². The summed E-state index contributed by atoms with van der Waals surface area (Å²) in [4.78, 5) is 15.2. The Balaban J connectivity index is 1.68. The molecule has 1 atom stereocenters. The third-order valence-electron chi connectivity index (χ3n) is 5.58. The first kappa shape index (κ1) is 19.2. The van der Waals surface area contributed by atoms with E-state index in [1.807, 2.05) is 97.6 Å². The third-order valence-corrected chi connectivity index (χ3v) is 5.58. The molecule has 4 rings (SSSR count). The maximum atomic E-state index is 13.4. The second-order valence-electron chi connectivity index (χ2n) is 7.63. The van der Waals surface area contributed by atoms with Crippen LogP contribution in [0.2, 0.25) is 0 Å². The van der Waals surface area contributed by atoms with Gasteiger partial charge in [0.05, 0.1) is 18.3 Å². The summed E-state index contributed by atoms with van der Waals surface area (Å²) in [6, 6.07) is 25.8. The minimum Gasteiger partial charge on any atom is -0.388 e. The van der Waals surface area contributed by atoms with Crippen LogP contribution in [-0.2, 0) is 11.3 Å². The largest absolute Gasteiger partial charge is 0.388 e. The van der Waals surface area contributed by atoms with Crippen molar-refractivity contribution in [3.8, 4) is 0 Å². The van der Waals surface area contributed by atoms with Crippen molar-refractivity contribution < 1.29 is 9.90 Å². The molecule has 146 valence electrons. The summed E-state index contributed by atoms with van der Waals surface area (Å²) >= 11 is 0. The van der Waals surface area contributed by atoms with E-state index in [0.29, 0.717) is 18.5 Å². The van der Waals surface area contributed by atoms with Crippen LogP contribution in [0.25, 0.3) is 5.57 Å². The first-order chi connectivity index (χ1) is 14.1. The lowest BCUT2D eigenvalue weighted by atomic mass is 9.94. The molecule has 0 saturated heterocycles. The molecule has 3 heteroatoms. The lowest BCUT2D eigenvalue weighted by molar-refractivity contribution is -0.113. The molecule has 0 radical (unpaired) electrons. The highest BCUT2D eigenvalue weighted by Gasteiger charge is 2.33. The molecule has 3 aromatic carbocycles. The Morgan fingerprint density at radius 1 is 0.931 bits per heavy atom. The zero-order chi connectivity index (χ0) is 20.4. The number of nitrogens with zero attached hydrogens (tertiary/aromatic N) is 1. The highest BCUT2D eigenvalue weighted by atomic mass is 16.3. The van der Waals surface area contributed by atoms with Crippen molar-refractivity contribution in [3.05, 3.63) is 107 Å². The number of hydrogen-bond donors (Lipinski definition) is 1. The van der Waals surface area contributed by atoms with Crippen molar-refractivity contribution in [2.24, 2.45) is 0 Å². The number of anilines is 1. The van der Waals surface area contributed by atoms with Crippen LogP contribution in [0.5, 0.6) is 0 Å². The molecule has 0 saturated carbocycles. The van der Waals surface area contributed by atoms with E-state index in [1.165, 1.54) is 0 Å². The second kappa shape index (κ2) is 8.06. The Morgan fingerprint density at radius 2 is 1.59 bits per heavy atom. The van der Waals surface area contributed by atoms with Gasteiger partial charge in [-0.2, -0.15) is 0 Å². The maximum absolute atomic E-state index is 13.4. The van der Waals surface area contributed by atoms with Crippen LogP contribution < -0.4 is 4.90 Å². The molecule has 1 amide bonds. The van der Waals surface area contributed by atoms with Gasteiger partial charge in [0.2, 0.25) is 0 Å². The summed E-state index contributed by atoms with van der Waals surface area (Å²) in [5.41, 5.74) is 6.56. The van der Waals surface area contributed by atoms with Crippen LogP contribution in [0.1, 0.15) is 41.7 Å². The molecular formula is C26H25NO2. The summed E-state index contributed by atoms with van der Waals surface area (Å²) < 4.78 is 0. The van der Waals surface area contributed by atoms with E-state index in [0.717, 1.165) is 33.5 Å². The number of carbonyl (C=O) groups is 1. The highest BCUT2D eigenvalue weighted by Crippen LogP contribution is 2.40. The molecule has 1 aliphatic rings. The normalized spacial score (nSPS) is 16.0. The van der Waals surface area contributed by atoms with Gasteiger partial charge in [0.25, 0.3) is 5.91 Å². The van der Waals surface area contributed by atoms with Crippen molar-refractivity contribution in [2.75, 3.05) is 4.90 Å². The van der Waals surface area contributed by atoms with Crippen LogP contribution in [0.15, 0.2) is 84.4 Å². The molecule has 0 bridgehead atoms. The Labute approximate surface area is 171 Å². The Kier molecular flexibility index (Phi) is 5.32. The Hall–Kier alpha value is -3.17. The monoisotopic (exact) mass is 383 g/mol. The molecule has 29 heavy (non-hydrogen) atoms. The molecule has 1 aliphatic heterocycles. The van der Waals surface area contributed by atoms with Crippen molar-refractivity contribution in [3.63, 3.8) is 0 Å². The first-order valence-electron chi connectivity index (χ1n) is 9.95. The van der Waals surface area contributed by atoms with E-state index in [9.17, 15) is 9.90 Å². The molecule has 1 N–H and O–H groups in total. The van der Waals surface area contributed by atoms with E-state index in [2.05, 4.69) is 0 Å². The van der Waals surface area contributed by atoms with Gasteiger partial charge >= 0.3 is 0 Å². The van der Waals surface area contributed by atoms with Crippen LogP contribution in [0, 0.1) is 6.92 Å². The van der Waals surface area contributed by atoms with Gasteiger partial charge in [-0.3, -0.25) is 4.79 Å². The summed E-state index contributed by atoms with van der Waals surface area (Å²) in [7, 11) is 0. The number of benzene rings is 3. The van der Waals surface area contributed by atoms with E-state index in [-0.39, 0.29) is 5.91 Å². The van der Waals surface area contributed by atoms with Gasteiger partial charge in [0, 0.05) is 11.1 Å². The minimum atomic E-state index is -0.633. The number of rotatable bonds is 5. The number of aliphatic hydroxyl groups is 1. The van der Waals surface area contributed by atoms with Gasteiger partial charge in [-0.25, -0.2) is 0 Å². The van der Waals surface area contributed by atoms with Crippen LogP contribution in [0.4, 0.5) is 5.69 Å². The van der Waals surface area contributed by atoms with E-state index in [4.69, 9.17) is 0 Å². The van der Waals surface area contributed by atoms with Crippen LogP contribution >= 0.6 is 0 Å². The number of aryl methyl sites for hydroxylation is 1. The summed E-state index contributed by atoms with van der Waals surface area (Å²) in [6.45, 7) is 4.49. The first-order valence-corrected chi connectivity index (χ1v) is 9.95. The standard InChI is InChI=1S/C26H25NO2/c1-18-10-6-7-13-21(18)24(28)16-19(2)25-22-14-8-9-15-23(22)27(26(25)29)17-20-11-4-3-5-12-20/h3-15,24,28H,16-17H2,1-2H3/b25-19-/t24-/m0/s1. The van der Waals surface area contributed by atoms with E-state index >= 15 is 0 Å². The zero-order valence-electron chi connectivity index (χ0n) is 16.8. The van der Waals surface area contributed by atoms with Gasteiger partial charge < -0.3 is 10.0 Å². The lowest BCUT2D eigenvalue weighted by Gasteiger charge is -2.18. The predicted molar refractivity (Wildman–Crippen MR) is 117 cm³/mol. The number of para-hydroxylation sites is 1. The van der Waals surface area contributed by atoms with Gasteiger partial charge in [0.15, 0.2) is 0 Å². The van der Waals surface area contributed by atoms with Gasteiger partial charge in [0.1, 0.15) is 0 Å². The molecule has 0 spiro atoms. The quantitative estimate of drug-likeness (QED) is 0.596. The average Bonchev–Trinajstić information content (AvgIpc) is 3.00.